The summed E-state index contributed by atoms with van der Waals surface area (Å²) in [6, 6.07) is 8.46. The van der Waals surface area contributed by atoms with Crippen LogP contribution in [-0.4, -0.2) is 10.9 Å². The van der Waals surface area contributed by atoms with Crippen LogP contribution in [0.5, 0.6) is 0 Å². The van der Waals surface area contributed by atoms with Crippen molar-refractivity contribution in [3.8, 4) is 0 Å². The molecule has 0 saturated carbocycles. The number of hydrogen-bond donors (Lipinski definition) is 0. The number of aryl methyl sites for hydroxylation is 2. The molecule has 1 aromatic heterocycles. The van der Waals surface area contributed by atoms with Crippen molar-refractivity contribution in [3.05, 3.63) is 47.3 Å². The fourth-order valence-corrected chi connectivity index (χ4v) is 2.01. The Kier molecular flexibility index (Phi) is 4.23. The van der Waals surface area contributed by atoms with Crippen molar-refractivity contribution in [1.29, 1.82) is 0 Å². The first-order chi connectivity index (χ1) is 9.47. The maximum Gasteiger partial charge on any atom is 0.304 e. The summed E-state index contributed by atoms with van der Waals surface area (Å²) in [6.07, 6.45) is 1.56. The van der Waals surface area contributed by atoms with Gasteiger partial charge in [0.25, 0.3) is 0 Å². The molecule has 106 valence electrons. The maximum absolute atomic E-state index is 12.4. The number of oxazole rings is 1. The third-order valence-electron chi connectivity index (χ3n) is 3.02. The zero-order chi connectivity index (χ0) is 14.7. The Hall–Kier alpha value is -2.10. The van der Waals surface area contributed by atoms with Crippen molar-refractivity contribution in [2.75, 3.05) is 4.90 Å². The minimum atomic E-state index is -0.105. The van der Waals surface area contributed by atoms with Gasteiger partial charge in [-0.25, -0.2) is 0 Å². The lowest BCUT2D eigenvalue weighted by atomic mass is 10.1. The van der Waals surface area contributed by atoms with E-state index in [9.17, 15) is 4.79 Å². The predicted molar refractivity (Wildman–Crippen MR) is 78.4 cm³/mol. The van der Waals surface area contributed by atoms with Crippen molar-refractivity contribution < 1.29 is 9.21 Å². The Morgan fingerprint density at radius 3 is 2.65 bits per heavy atom. The van der Waals surface area contributed by atoms with E-state index in [0.29, 0.717) is 12.6 Å². The molecule has 0 spiro atoms. The highest BCUT2D eigenvalue weighted by Gasteiger charge is 2.23. The van der Waals surface area contributed by atoms with Gasteiger partial charge in [0.05, 0.1) is 12.2 Å². The zero-order valence-corrected chi connectivity index (χ0v) is 12.4. The Bertz CT molecular complexity index is 602. The molecule has 20 heavy (non-hydrogen) atoms. The summed E-state index contributed by atoms with van der Waals surface area (Å²) in [6.45, 7) is 8.10. The molecular formula is C16H20N2O2. The molecule has 0 radical (unpaired) electrons. The van der Waals surface area contributed by atoms with E-state index in [0.717, 1.165) is 11.3 Å². The minimum Gasteiger partial charge on any atom is -0.431 e. The Morgan fingerprint density at radius 1 is 1.35 bits per heavy atom. The van der Waals surface area contributed by atoms with E-state index in [4.69, 9.17) is 4.42 Å². The van der Waals surface area contributed by atoms with E-state index in [1.54, 1.807) is 11.2 Å². The first-order valence-electron chi connectivity index (χ1n) is 6.76. The molecule has 2 aromatic rings. The van der Waals surface area contributed by atoms with E-state index >= 15 is 0 Å². The summed E-state index contributed by atoms with van der Waals surface area (Å²) >= 11 is 0. The van der Waals surface area contributed by atoms with Crippen LogP contribution in [0, 0.1) is 19.8 Å². The second kappa shape index (κ2) is 5.90. The van der Waals surface area contributed by atoms with Crippen molar-refractivity contribution >= 4 is 11.9 Å². The minimum absolute atomic E-state index is 0.00774. The highest BCUT2D eigenvalue weighted by Crippen LogP contribution is 2.19. The second-order valence-corrected chi connectivity index (χ2v) is 5.34. The zero-order valence-electron chi connectivity index (χ0n) is 12.4. The van der Waals surface area contributed by atoms with Crippen LogP contribution in [0.3, 0.4) is 0 Å². The number of aromatic nitrogens is 1. The van der Waals surface area contributed by atoms with Gasteiger partial charge in [-0.3, -0.25) is 9.69 Å². The predicted octanol–water partition coefficient (Wildman–Crippen LogP) is 3.48. The van der Waals surface area contributed by atoms with E-state index < -0.39 is 0 Å². The first-order valence-corrected chi connectivity index (χ1v) is 6.76. The number of nitrogens with zero attached hydrogens (tertiary/aromatic N) is 2. The molecule has 4 nitrogen and oxygen atoms in total. The Balaban J connectivity index is 2.30. The van der Waals surface area contributed by atoms with Gasteiger partial charge in [-0.1, -0.05) is 43.7 Å². The molecule has 1 amide bonds. The number of amides is 1. The first kappa shape index (κ1) is 14.3. The number of hydrogen-bond acceptors (Lipinski definition) is 3. The quantitative estimate of drug-likeness (QED) is 0.856. The molecule has 1 aromatic carbocycles. The van der Waals surface area contributed by atoms with Crippen LogP contribution >= 0.6 is 0 Å². The van der Waals surface area contributed by atoms with Crippen LogP contribution in [0.1, 0.15) is 30.7 Å². The molecule has 0 aliphatic carbocycles. The molecule has 0 atom stereocenters. The number of rotatable bonds is 4. The van der Waals surface area contributed by atoms with Gasteiger partial charge in [0.15, 0.2) is 0 Å². The van der Waals surface area contributed by atoms with Crippen LogP contribution in [0.2, 0.25) is 0 Å². The van der Waals surface area contributed by atoms with Crippen LogP contribution in [-0.2, 0) is 11.3 Å². The smallest absolute Gasteiger partial charge is 0.304 e. The molecule has 0 fully saturated rings. The molecular weight excluding hydrogens is 252 g/mol. The van der Waals surface area contributed by atoms with E-state index in [1.165, 1.54) is 5.56 Å². The van der Waals surface area contributed by atoms with Crippen LogP contribution in [0.15, 0.2) is 34.9 Å². The van der Waals surface area contributed by atoms with Crippen molar-refractivity contribution in [2.24, 2.45) is 5.92 Å². The van der Waals surface area contributed by atoms with Gasteiger partial charge in [-0.15, -0.1) is 0 Å². The highest BCUT2D eigenvalue weighted by atomic mass is 16.4. The van der Waals surface area contributed by atoms with E-state index in [1.807, 2.05) is 45.9 Å². The summed E-state index contributed by atoms with van der Waals surface area (Å²) < 4.78 is 5.39. The van der Waals surface area contributed by atoms with E-state index in [2.05, 4.69) is 11.1 Å². The normalized spacial score (nSPS) is 10.8. The number of benzene rings is 1. The average molecular weight is 272 g/mol. The van der Waals surface area contributed by atoms with Crippen LogP contribution in [0.25, 0.3) is 0 Å². The van der Waals surface area contributed by atoms with Gasteiger partial charge in [0, 0.05) is 5.92 Å². The molecule has 0 saturated heterocycles. The molecule has 4 heteroatoms. The average Bonchev–Trinajstić information content (AvgIpc) is 2.81. The van der Waals surface area contributed by atoms with E-state index in [-0.39, 0.29) is 11.8 Å². The summed E-state index contributed by atoms with van der Waals surface area (Å²) in [5.74, 6) is -0.0969. The lowest BCUT2D eigenvalue weighted by Crippen LogP contribution is -2.34. The summed E-state index contributed by atoms with van der Waals surface area (Å²) in [5, 5.41) is 0. The number of carbonyl (C=O) groups is 1. The third kappa shape index (κ3) is 3.26. The van der Waals surface area contributed by atoms with Gasteiger partial charge in [-0.05, 0) is 19.4 Å². The largest absolute Gasteiger partial charge is 0.431 e. The van der Waals surface area contributed by atoms with Gasteiger partial charge in [0.2, 0.25) is 5.91 Å². The second-order valence-electron chi connectivity index (χ2n) is 5.34. The van der Waals surface area contributed by atoms with Crippen molar-refractivity contribution in [2.45, 2.75) is 34.2 Å². The maximum atomic E-state index is 12.4. The van der Waals surface area contributed by atoms with Crippen LogP contribution < -0.4 is 4.90 Å². The van der Waals surface area contributed by atoms with Gasteiger partial charge >= 0.3 is 6.01 Å². The molecule has 0 unspecified atom stereocenters. The molecule has 0 N–H and O–H groups in total. The van der Waals surface area contributed by atoms with Crippen LogP contribution in [0.4, 0.5) is 6.01 Å². The lowest BCUT2D eigenvalue weighted by molar-refractivity contribution is -0.121. The van der Waals surface area contributed by atoms with Crippen molar-refractivity contribution in [1.82, 2.24) is 4.98 Å². The SMILES string of the molecule is Cc1cccc(CN(C(=O)C(C)C)c2nc(C)co2)c1. The van der Waals surface area contributed by atoms with Gasteiger partial charge in [-0.2, -0.15) is 4.98 Å². The summed E-state index contributed by atoms with van der Waals surface area (Å²) in [5.41, 5.74) is 3.00. The number of carbonyl (C=O) groups excluding carboxylic acids is 1. The summed E-state index contributed by atoms with van der Waals surface area (Å²) in [7, 11) is 0. The topological polar surface area (TPSA) is 46.3 Å². The lowest BCUT2D eigenvalue weighted by Gasteiger charge is -2.21. The fraction of sp³-hybridized carbons (Fsp3) is 0.375. The third-order valence-corrected chi connectivity index (χ3v) is 3.02. The Labute approximate surface area is 119 Å². The van der Waals surface area contributed by atoms with Gasteiger partial charge in [0.1, 0.15) is 6.26 Å². The molecule has 0 bridgehead atoms. The monoisotopic (exact) mass is 272 g/mol. The molecule has 0 aliphatic rings. The standard InChI is InChI=1S/C16H20N2O2/c1-11(2)15(19)18(16-17-13(4)10-20-16)9-14-7-5-6-12(3)8-14/h5-8,10-11H,9H2,1-4H3. The fourth-order valence-electron chi connectivity index (χ4n) is 2.01. The number of anilines is 1. The highest BCUT2D eigenvalue weighted by molar-refractivity contribution is 5.92. The Morgan fingerprint density at radius 2 is 2.10 bits per heavy atom. The summed E-state index contributed by atoms with van der Waals surface area (Å²) in [4.78, 5) is 18.2. The molecule has 2 rings (SSSR count). The van der Waals surface area contributed by atoms with Crippen molar-refractivity contribution in [3.63, 3.8) is 0 Å². The molecule has 1 heterocycles. The van der Waals surface area contributed by atoms with Gasteiger partial charge < -0.3 is 4.42 Å². The molecule has 0 aliphatic heterocycles.